The van der Waals surface area contributed by atoms with Gasteiger partial charge in [0, 0.05) is 6.04 Å². The Kier molecular flexibility index (Phi) is 5.79. The molecule has 110 valence electrons. The van der Waals surface area contributed by atoms with Gasteiger partial charge in [0.2, 0.25) is 5.91 Å². The van der Waals surface area contributed by atoms with E-state index in [4.69, 9.17) is 5.11 Å². The van der Waals surface area contributed by atoms with Gasteiger partial charge in [-0.15, -0.1) is 0 Å². The smallest absolute Gasteiger partial charge is 0.323 e. The standard InChI is InChI=1S/C14H26N2O3/c1-4-14(3,13(18)19)15-9-12(17)16-11-7-5-10(2)6-8-11/h10-11,15H,4-9H2,1-3H3,(H,16,17)(H,18,19). The van der Waals surface area contributed by atoms with Crippen molar-refractivity contribution in [3.05, 3.63) is 0 Å². The van der Waals surface area contributed by atoms with Gasteiger partial charge in [-0.2, -0.15) is 0 Å². The lowest BCUT2D eigenvalue weighted by atomic mass is 9.87. The lowest BCUT2D eigenvalue weighted by molar-refractivity contribution is -0.144. The van der Waals surface area contributed by atoms with Crippen LogP contribution < -0.4 is 10.6 Å². The minimum Gasteiger partial charge on any atom is -0.480 e. The first kappa shape index (κ1) is 16.0. The second-order valence-electron chi connectivity index (χ2n) is 5.87. The van der Waals surface area contributed by atoms with E-state index < -0.39 is 11.5 Å². The van der Waals surface area contributed by atoms with E-state index in [-0.39, 0.29) is 18.5 Å². The second kappa shape index (κ2) is 6.89. The van der Waals surface area contributed by atoms with Gasteiger partial charge >= 0.3 is 5.97 Å². The van der Waals surface area contributed by atoms with Crippen molar-refractivity contribution >= 4 is 11.9 Å². The van der Waals surface area contributed by atoms with E-state index in [2.05, 4.69) is 17.6 Å². The molecule has 1 aliphatic carbocycles. The Bertz CT molecular complexity index is 325. The van der Waals surface area contributed by atoms with E-state index in [1.54, 1.807) is 13.8 Å². The molecule has 1 aliphatic rings. The number of carbonyl (C=O) groups excluding carboxylic acids is 1. The first-order valence-corrected chi connectivity index (χ1v) is 7.15. The van der Waals surface area contributed by atoms with Gasteiger partial charge in [-0.25, -0.2) is 0 Å². The van der Waals surface area contributed by atoms with E-state index in [9.17, 15) is 9.59 Å². The van der Waals surface area contributed by atoms with Crippen LogP contribution in [-0.4, -0.2) is 35.1 Å². The minimum absolute atomic E-state index is 0.0582. The van der Waals surface area contributed by atoms with Crippen LogP contribution in [-0.2, 0) is 9.59 Å². The first-order valence-electron chi connectivity index (χ1n) is 7.15. The predicted octanol–water partition coefficient (Wildman–Crippen LogP) is 1.52. The number of amides is 1. The summed E-state index contributed by atoms with van der Waals surface area (Å²) in [5.41, 5.74) is -1.03. The Balaban J connectivity index is 2.33. The molecule has 1 unspecified atom stereocenters. The van der Waals surface area contributed by atoms with Crippen molar-refractivity contribution < 1.29 is 14.7 Å². The summed E-state index contributed by atoms with van der Waals surface area (Å²) in [5, 5.41) is 14.9. The molecule has 19 heavy (non-hydrogen) atoms. The number of carbonyl (C=O) groups is 2. The number of rotatable bonds is 6. The number of nitrogens with one attached hydrogen (secondary N) is 2. The Morgan fingerprint density at radius 3 is 2.32 bits per heavy atom. The zero-order valence-corrected chi connectivity index (χ0v) is 12.2. The van der Waals surface area contributed by atoms with Crippen LogP contribution in [0.5, 0.6) is 0 Å². The fourth-order valence-corrected chi connectivity index (χ4v) is 2.31. The first-order chi connectivity index (χ1) is 8.87. The summed E-state index contributed by atoms with van der Waals surface area (Å²) in [6.45, 7) is 5.69. The van der Waals surface area contributed by atoms with Crippen LogP contribution in [0.2, 0.25) is 0 Å². The number of carboxylic acids is 1. The molecule has 0 aromatic carbocycles. The average Bonchev–Trinajstić information content (AvgIpc) is 2.38. The molecule has 1 amide bonds. The number of hydrogen-bond donors (Lipinski definition) is 3. The highest BCUT2D eigenvalue weighted by atomic mass is 16.4. The molecule has 5 nitrogen and oxygen atoms in total. The summed E-state index contributed by atoms with van der Waals surface area (Å²) in [6.07, 6.45) is 4.80. The second-order valence-corrected chi connectivity index (χ2v) is 5.87. The molecule has 0 heterocycles. The molecule has 1 rings (SSSR count). The number of aliphatic carboxylic acids is 1. The zero-order chi connectivity index (χ0) is 14.5. The average molecular weight is 270 g/mol. The third-order valence-electron chi connectivity index (χ3n) is 4.20. The van der Waals surface area contributed by atoms with Gasteiger partial charge in [-0.1, -0.05) is 13.8 Å². The van der Waals surface area contributed by atoms with Crippen molar-refractivity contribution in [3.63, 3.8) is 0 Å². The van der Waals surface area contributed by atoms with Gasteiger partial charge in [0.1, 0.15) is 5.54 Å². The molecule has 0 aliphatic heterocycles. The highest BCUT2D eigenvalue weighted by Crippen LogP contribution is 2.23. The maximum absolute atomic E-state index is 11.8. The SMILES string of the molecule is CCC(C)(NCC(=O)NC1CCC(C)CC1)C(=O)O. The summed E-state index contributed by atoms with van der Waals surface area (Å²) in [7, 11) is 0. The Labute approximate surface area is 115 Å². The lowest BCUT2D eigenvalue weighted by Crippen LogP contribution is -2.53. The van der Waals surface area contributed by atoms with Crippen molar-refractivity contribution in [1.29, 1.82) is 0 Å². The molecular formula is C14H26N2O3. The minimum atomic E-state index is -1.03. The Hall–Kier alpha value is -1.10. The van der Waals surface area contributed by atoms with E-state index in [1.165, 1.54) is 0 Å². The van der Waals surface area contributed by atoms with Gasteiger partial charge in [0.05, 0.1) is 6.54 Å². The summed E-state index contributed by atoms with van der Waals surface area (Å²) < 4.78 is 0. The molecule has 5 heteroatoms. The third-order valence-corrected chi connectivity index (χ3v) is 4.20. The Morgan fingerprint density at radius 1 is 1.26 bits per heavy atom. The zero-order valence-electron chi connectivity index (χ0n) is 12.2. The normalized spacial score (nSPS) is 26.5. The van der Waals surface area contributed by atoms with Gasteiger partial charge in [0.15, 0.2) is 0 Å². The lowest BCUT2D eigenvalue weighted by Gasteiger charge is -2.28. The molecule has 0 bridgehead atoms. The van der Waals surface area contributed by atoms with Gasteiger partial charge in [-0.3, -0.25) is 14.9 Å². The largest absolute Gasteiger partial charge is 0.480 e. The molecule has 1 saturated carbocycles. The predicted molar refractivity (Wildman–Crippen MR) is 73.9 cm³/mol. The molecule has 3 N–H and O–H groups in total. The molecule has 1 fully saturated rings. The fraction of sp³-hybridized carbons (Fsp3) is 0.857. The van der Waals surface area contributed by atoms with Gasteiger partial charge < -0.3 is 10.4 Å². The fourth-order valence-electron chi connectivity index (χ4n) is 2.31. The third kappa shape index (κ3) is 4.82. The summed E-state index contributed by atoms with van der Waals surface area (Å²) in [6, 6.07) is 0.253. The molecule has 0 spiro atoms. The van der Waals surface area contributed by atoms with Crippen LogP contribution in [0, 0.1) is 5.92 Å². The molecule has 0 aromatic rings. The molecule has 0 radical (unpaired) electrons. The molecule has 0 aromatic heterocycles. The van der Waals surface area contributed by atoms with Crippen LogP contribution in [0.4, 0.5) is 0 Å². The highest BCUT2D eigenvalue weighted by molar-refractivity contribution is 5.82. The number of carboxylic acid groups (broad SMARTS) is 1. The van der Waals surface area contributed by atoms with Crippen molar-refractivity contribution in [2.75, 3.05) is 6.54 Å². The monoisotopic (exact) mass is 270 g/mol. The van der Waals surface area contributed by atoms with E-state index >= 15 is 0 Å². The van der Waals surface area contributed by atoms with E-state index in [0.717, 1.165) is 31.6 Å². The van der Waals surface area contributed by atoms with Gasteiger partial charge in [0.25, 0.3) is 0 Å². The maximum atomic E-state index is 11.8. The van der Waals surface area contributed by atoms with Crippen LogP contribution in [0.25, 0.3) is 0 Å². The summed E-state index contributed by atoms with van der Waals surface area (Å²) in [4.78, 5) is 22.9. The van der Waals surface area contributed by atoms with Crippen molar-refractivity contribution in [3.8, 4) is 0 Å². The van der Waals surface area contributed by atoms with Crippen LogP contribution in [0.15, 0.2) is 0 Å². The Morgan fingerprint density at radius 2 is 1.84 bits per heavy atom. The summed E-state index contributed by atoms with van der Waals surface area (Å²) in [5.74, 6) is -0.281. The number of hydrogen-bond acceptors (Lipinski definition) is 3. The summed E-state index contributed by atoms with van der Waals surface area (Å²) >= 11 is 0. The quantitative estimate of drug-likeness (QED) is 0.684. The van der Waals surface area contributed by atoms with E-state index in [1.807, 2.05) is 0 Å². The van der Waals surface area contributed by atoms with Crippen molar-refractivity contribution in [2.45, 2.75) is 64.5 Å². The van der Waals surface area contributed by atoms with Crippen molar-refractivity contribution in [1.82, 2.24) is 10.6 Å². The molecule has 1 atom stereocenters. The maximum Gasteiger partial charge on any atom is 0.323 e. The highest BCUT2D eigenvalue weighted by Gasteiger charge is 2.31. The van der Waals surface area contributed by atoms with E-state index in [0.29, 0.717) is 6.42 Å². The topological polar surface area (TPSA) is 78.4 Å². The molecular weight excluding hydrogens is 244 g/mol. The van der Waals surface area contributed by atoms with Crippen LogP contribution in [0.3, 0.4) is 0 Å². The van der Waals surface area contributed by atoms with Crippen LogP contribution >= 0.6 is 0 Å². The van der Waals surface area contributed by atoms with Gasteiger partial charge in [-0.05, 0) is 44.9 Å². The molecule has 0 saturated heterocycles. The van der Waals surface area contributed by atoms with Crippen LogP contribution in [0.1, 0.15) is 52.9 Å². The van der Waals surface area contributed by atoms with Crippen molar-refractivity contribution in [2.24, 2.45) is 5.92 Å².